The van der Waals surface area contributed by atoms with Gasteiger partial charge in [0.25, 0.3) is 0 Å². The highest BCUT2D eigenvalue weighted by molar-refractivity contribution is 5.79. The van der Waals surface area contributed by atoms with E-state index in [9.17, 15) is 0 Å². The Kier molecular flexibility index (Phi) is 5.32. The number of ether oxygens (including phenoxy) is 1. The van der Waals surface area contributed by atoms with Crippen LogP contribution in [0.3, 0.4) is 0 Å². The van der Waals surface area contributed by atoms with Gasteiger partial charge in [0.2, 0.25) is 0 Å². The number of rotatable bonds is 6. The van der Waals surface area contributed by atoms with Gasteiger partial charge in [-0.05, 0) is 36.4 Å². The number of pyridine rings is 1. The molecule has 3 N–H and O–H groups in total. The zero-order valence-corrected chi connectivity index (χ0v) is 16.1. The van der Waals surface area contributed by atoms with E-state index >= 15 is 0 Å². The molecule has 10 heteroatoms. The molecule has 1 aromatic carbocycles. The summed E-state index contributed by atoms with van der Waals surface area (Å²) in [4.78, 5) is 8.74. The van der Waals surface area contributed by atoms with Crippen molar-refractivity contribution < 1.29 is 4.74 Å². The normalized spacial score (nSPS) is 11.6. The molecule has 0 bridgehead atoms. The Morgan fingerprint density at radius 1 is 1.10 bits per heavy atom. The molecule has 0 unspecified atom stereocenters. The van der Waals surface area contributed by atoms with Crippen molar-refractivity contribution in [3.05, 3.63) is 60.3 Å². The summed E-state index contributed by atoms with van der Waals surface area (Å²) < 4.78 is 7.10. The molecular weight excluding hydrogens is 370 g/mol. The van der Waals surface area contributed by atoms with Gasteiger partial charge < -0.3 is 15.4 Å². The topological polar surface area (TPSA) is 117 Å². The zero-order chi connectivity index (χ0) is 20.1. The highest BCUT2D eigenvalue weighted by Crippen LogP contribution is 2.18. The fourth-order valence-electron chi connectivity index (χ4n) is 2.81. The second kappa shape index (κ2) is 8.38. The predicted molar refractivity (Wildman–Crippen MR) is 108 cm³/mol. The number of aromatic amines is 1. The maximum atomic E-state index is 5.17. The second-order valence-electron chi connectivity index (χ2n) is 6.16. The number of aliphatic imine (C=N–C) groups is 1. The molecule has 0 amide bonds. The molecule has 4 rings (SSSR count). The van der Waals surface area contributed by atoms with Crippen LogP contribution in [0.25, 0.3) is 17.0 Å². The summed E-state index contributed by atoms with van der Waals surface area (Å²) in [5, 5.41) is 22.0. The molecule has 10 nitrogen and oxygen atoms in total. The summed E-state index contributed by atoms with van der Waals surface area (Å²) in [6.07, 6.45) is 1.93. The van der Waals surface area contributed by atoms with Crippen LogP contribution >= 0.6 is 0 Å². The van der Waals surface area contributed by atoms with Crippen LogP contribution in [0, 0.1) is 0 Å². The number of benzene rings is 1. The van der Waals surface area contributed by atoms with E-state index in [1.165, 1.54) is 0 Å². The number of methoxy groups -OCH3 is 1. The minimum absolute atomic E-state index is 0.448. The molecule has 3 heterocycles. The van der Waals surface area contributed by atoms with Gasteiger partial charge in [0, 0.05) is 18.8 Å². The van der Waals surface area contributed by atoms with Crippen LogP contribution in [0.1, 0.15) is 11.6 Å². The van der Waals surface area contributed by atoms with Crippen molar-refractivity contribution in [3.63, 3.8) is 0 Å². The molecule has 4 aromatic rings. The van der Waals surface area contributed by atoms with Gasteiger partial charge in [0.15, 0.2) is 23.3 Å². The van der Waals surface area contributed by atoms with E-state index in [0.717, 1.165) is 22.8 Å². The fraction of sp³-hybridized carbons (Fsp3) is 0.211. The van der Waals surface area contributed by atoms with Crippen molar-refractivity contribution in [1.82, 2.24) is 40.4 Å². The number of hydrogen-bond donors (Lipinski definition) is 3. The third-order valence-electron chi connectivity index (χ3n) is 4.33. The van der Waals surface area contributed by atoms with Gasteiger partial charge >= 0.3 is 0 Å². The molecule has 0 radical (unpaired) electrons. The molecule has 0 saturated heterocycles. The summed E-state index contributed by atoms with van der Waals surface area (Å²) in [5.41, 5.74) is 1.72. The van der Waals surface area contributed by atoms with Gasteiger partial charge in [-0.2, -0.15) is 5.10 Å². The number of nitrogens with zero attached hydrogens (tertiary/aromatic N) is 6. The average molecular weight is 391 g/mol. The summed E-state index contributed by atoms with van der Waals surface area (Å²) >= 11 is 0. The quantitative estimate of drug-likeness (QED) is 0.336. The molecule has 0 atom stereocenters. The smallest absolute Gasteiger partial charge is 0.191 e. The van der Waals surface area contributed by atoms with E-state index in [0.29, 0.717) is 30.7 Å². The maximum absolute atomic E-state index is 5.17. The molecule has 0 saturated carbocycles. The van der Waals surface area contributed by atoms with Crippen molar-refractivity contribution >= 4 is 11.6 Å². The van der Waals surface area contributed by atoms with Crippen LogP contribution in [-0.2, 0) is 13.1 Å². The van der Waals surface area contributed by atoms with Crippen molar-refractivity contribution in [2.45, 2.75) is 13.1 Å². The summed E-state index contributed by atoms with van der Waals surface area (Å²) in [6.45, 7) is 0.932. The first-order valence-corrected chi connectivity index (χ1v) is 9.05. The number of guanidine groups is 1. The van der Waals surface area contributed by atoms with Crippen LogP contribution in [-0.4, -0.2) is 49.9 Å². The lowest BCUT2D eigenvalue weighted by Gasteiger charge is -2.09. The zero-order valence-electron chi connectivity index (χ0n) is 16.1. The Bertz CT molecular complexity index is 1110. The lowest BCUT2D eigenvalue weighted by molar-refractivity contribution is 0.415. The predicted octanol–water partition coefficient (Wildman–Crippen LogP) is 1.39. The largest absolute Gasteiger partial charge is 0.497 e. The van der Waals surface area contributed by atoms with Crippen LogP contribution in [0.5, 0.6) is 5.75 Å². The van der Waals surface area contributed by atoms with Gasteiger partial charge in [-0.3, -0.25) is 14.5 Å². The summed E-state index contributed by atoms with van der Waals surface area (Å²) in [7, 11) is 3.35. The Balaban J connectivity index is 1.34. The van der Waals surface area contributed by atoms with Gasteiger partial charge in [0.05, 0.1) is 20.2 Å². The first-order chi connectivity index (χ1) is 14.3. The fourth-order valence-corrected chi connectivity index (χ4v) is 2.81. The number of hydrogen-bond acceptors (Lipinski definition) is 6. The van der Waals surface area contributed by atoms with Gasteiger partial charge in [-0.1, -0.05) is 6.07 Å². The summed E-state index contributed by atoms with van der Waals surface area (Å²) in [6, 6.07) is 13.4. The van der Waals surface area contributed by atoms with Crippen molar-refractivity contribution in [2.24, 2.45) is 4.99 Å². The van der Waals surface area contributed by atoms with Crippen LogP contribution in [0.2, 0.25) is 0 Å². The molecule has 0 aliphatic heterocycles. The van der Waals surface area contributed by atoms with Gasteiger partial charge in [0.1, 0.15) is 11.6 Å². The first-order valence-electron chi connectivity index (χ1n) is 9.05. The molecule has 0 aliphatic carbocycles. The molecule has 0 fully saturated rings. The Morgan fingerprint density at radius 2 is 1.93 bits per heavy atom. The van der Waals surface area contributed by atoms with E-state index < -0.39 is 0 Å². The Morgan fingerprint density at radius 3 is 2.72 bits per heavy atom. The highest BCUT2D eigenvalue weighted by Gasteiger charge is 2.08. The Labute approximate surface area is 167 Å². The van der Waals surface area contributed by atoms with Crippen molar-refractivity contribution in [1.29, 1.82) is 0 Å². The average Bonchev–Trinajstić information content (AvgIpc) is 3.41. The number of nitrogens with one attached hydrogen (secondary N) is 3. The lowest BCUT2D eigenvalue weighted by Crippen LogP contribution is -2.37. The lowest BCUT2D eigenvalue weighted by atomic mass is 10.2. The van der Waals surface area contributed by atoms with Gasteiger partial charge in [-0.15, -0.1) is 10.2 Å². The SMILES string of the molecule is CN=C(NCc1nc(-c2ccc(OC)cc2)n[nH]1)NCc1nnc2ccccn12. The molecular formula is C19H21N9O. The number of H-pyrrole nitrogens is 1. The molecule has 29 heavy (non-hydrogen) atoms. The van der Waals surface area contributed by atoms with Crippen molar-refractivity contribution in [3.8, 4) is 17.1 Å². The van der Waals surface area contributed by atoms with E-state index in [-0.39, 0.29) is 0 Å². The third kappa shape index (κ3) is 4.15. The van der Waals surface area contributed by atoms with Crippen LogP contribution in [0.4, 0.5) is 0 Å². The van der Waals surface area contributed by atoms with E-state index in [1.54, 1.807) is 14.2 Å². The van der Waals surface area contributed by atoms with Crippen molar-refractivity contribution in [2.75, 3.05) is 14.2 Å². The van der Waals surface area contributed by atoms with E-state index in [1.807, 2.05) is 53.1 Å². The second-order valence-corrected chi connectivity index (χ2v) is 6.16. The van der Waals surface area contributed by atoms with Crippen LogP contribution < -0.4 is 15.4 Å². The van der Waals surface area contributed by atoms with Crippen LogP contribution in [0.15, 0.2) is 53.7 Å². The van der Waals surface area contributed by atoms with E-state index in [4.69, 9.17) is 4.74 Å². The number of fused-ring (bicyclic) bond motifs is 1. The maximum Gasteiger partial charge on any atom is 0.191 e. The van der Waals surface area contributed by atoms with E-state index in [2.05, 4.69) is 41.0 Å². The van der Waals surface area contributed by atoms with Gasteiger partial charge in [-0.25, -0.2) is 4.98 Å². The summed E-state index contributed by atoms with van der Waals surface area (Å²) in [5.74, 6) is 3.54. The molecule has 0 spiro atoms. The minimum Gasteiger partial charge on any atom is -0.497 e. The standard InChI is InChI=1S/C19H21N9O/c1-20-19(22-12-17-26-25-16-5-3-4-10-28(16)17)21-11-15-23-18(27-24-15)13-6-8-14(29-2)9-7-13/h3-10H,11-12H2,1-2H3,(H2,20,21,22)(H,23,24,27). The molecule has 0 aliphatic rings. The minimum atomic E-state index is 0.448. The highest BCUT2D eigenvalue weighted by atomic mass is 16.5. The molecule has 148 valence electrons. The third-order valence-corrected chi connectivity index (χ3v) is 4.33. The Hall–Kier alpha value is -3.95. The molecule has 3 aromatic heterocycles. The number of aromatic nitrogens is 6. The monoisotopic (exact) mass is 391 g/mol. The first kappa shape index (κ1) is 18.4.